The minimum absolute atomic E-state index is 0.172. The number of hydrogen-bond acceptors (Lipinski definition) is 5. The van der Waals surface area contributed by atoms with Crippen molar-refractivity contribution < 1.29 is 18.3 Å². The summed E-state index contributed by atoms with van der Waals surface area (Å²) in [5, 5.41) is 8.67. The number of unbranched alkanes of at least 4 members (excludes halogenated alkanes) is 1. The maximum atomic E-state index is 12.0. The summed E-state index contributed by atoms with van der Waals surface area (Å²) in [6.45, 7) is 1.96. The molecule has 0 radical (unpaired) electrons. The number of carboxylic acids is 1. The summed E-state index contributed by atoms with van der Waals surface area (Å²) in [5.74, 6) is 0.0904. The van der Waals surface area contributed by atoms with Crippen molar-refractivity contribution >= 4 is 27.6 Å². The van der Waals surface area contributed by atoms with E-state index in [2.05, 4.69) is 0 Å². The third-order valence-corrected chi connectivity index (χ3v) is 5.88. The zero-order chi connectivity index (χ0) is 15.9. The van der Waals surface area contributed by atoms with E-state index in [9.17, 15) is 13.2 Å². The highest BCUT2D eigenvalue weighted by Crippen LogP contribution is 2.17. The second-order valence-corrected chi connectivity index (χ2v) is 7.92. The van der Waals surface area contributed by atoms with Crippen molar-refractivity contribution in [2.45, 2.75) is 36.5 Å². The number of carboxylic acid groups (broad SMARTS) is 1. The average Bonchev–Trinajstić information content (AvgIpc) is 2.45. The van der Waals surface area contributed by atoms with Gasteiger partial charge in [-0.15, -0.1) is 0 Å². The van der Waals surface area contributed by atoms with E-state index in [0.717, 1.165) is 12.0 Å². The van der Waals surface area contributed by atoms with Crippen LogP contribution in [0.4, 0.5) is 0 Å². The van der Waals surface area contributed by atoms with Gasteiger partial charge in [-0.1, -0.05) is 25.5 Å². The summed E-state index contributed by atoms with van der Waals surface area (Å²) >= 11 is 1.41. The van der Waals surface area contributed by atoms with Crippen molar-refractivity contribution in [3.63, 3.8) is 0 Å². The number of thioether (sulfide) groups is 1. The maximum absolute atomic E-state index is 12.0. The summed E-state index contributed by atoms with van der Waals surface area (Å²) < 4.78 is 24.0. The summed E-state index contributed by atoms with van der Waals surface area (Å²) in [5.41, 5.74) is 6.36. The molecule has 0 aromatic heterocycles. The second-order valence-electron chi connectivity index (χ2n) is 4.78. The Morgan fingerprint density at radius 2 is 1.95 bits per heavy atom. The predicted molar refractivity (Wildman–Crippen MR) is 85.2 cm³/mol. The number of benzene rings is 1. The summed E-state index contributed by atoms with van der Waals surface area (Å²) in [7, 11) is -3.19. The van der Waals surface area contributed by atoms with Gasteiger partial charge in [0.1, 0.15) is 6.04 Å². The lowest BCUT2D eigenvalue weighted by atomic mass is 10.2. The first-order valence-electron chi connectivity index (χ1n) is 6.74. The highest BCUT2D eigenvalue weighted by atomic mass is 32.2. The lowest BCUT2D eigenvalue weighted by molar-refractivity contribution is -0.137. The highest BCUT2D eigenvalue weighted by Gasteiger charge is 2.14. The van der Waals surface area contributed by atoms with Gasteiger partial charge in [0.2, 0.25) is 0 Å². The molecular formula is C14H21NO4S2. The highest BCUT2D eigenvalue weighted by molar-refractivity contribution is 7.98. The third-order valence-electron chi connectivity index (χ3n) is 2.93. The van der Waals surface area contributed by atoms with E-state index >= 15 is 0 Å². The molecule has 1 unspecified atom stereocenters. The Labute approximate surface area is 129 Å². The number of carbonyl (C=O) groups is 1. The number of rotatable bonds is 9. The molecule has 1 aromatic rings. The van der Waals surface area contributed by atoms with Crippen molar-refractivity contribution in [3.05, 3.63) is 29.8 Å². The van der Waals surface area contributed by atoms with E-state index in [-0.39, 0.29) is 5.75 Å². The van der Waals surface area contributed by atoms with Crippen LogP contribution in [-0.4, -0.2) is 37.0 Å². The minimum Gasteiger partial charge on any atom is -0.480 e. The molecule has 1 rings (SSSR count). The molecule has 7 heteroatoms. The number of sulfone groups is 1. The van der Waals surface area contributed by atoms with Crippen molar-refractivity contribution in [1.82, 2.24) is 0 Å². The second kappa shape index (κ2) is 8.41. The fourth-order valence-electron chi connectivity index (χ4n) is 1.62. The van der Waals surface area contributed by atoms with Crippen LogP contribution in [0.25, 0.3) is 0 Å². The van der Waals surface area contributed by atoms with Crippen molar-refractivity contribution in [2.75, 3.05) is 11.5 Å². The quantitative estimate of drug-likeness (QED) is 0.717. The predicted octanol–water partition coefficient (Wildman–Crippen LogP) is 1.91. The Morgan fingerprint density at radius 3 is 2.48 bits per heavy atom. The molecule has 0 fully saturated rings. The van der Waals surface area contributed by atoms with Gasteiger partial charge in [-0.05, 0) is 24.1 Å². The van der Waals surface area contributed by atoms with Crippen LogP contribution in [-0.2, 0) is 20.4 Å². The first-order valence-corrected chi connectivity index (χ1v) is 9.55. The molecule has 0 aliphatic carbocycles. The van der Waals surface area contributed by atoms with Gasteiger partial charge in [0.25, 0.3) is 0 Å². The molecule has 3 N–H and O–H groups in total. The first-order chi connectivity index (χ1) is 9.86. The lowest BCUT2D eigenvalue weighted by Crippen LogP contribution is -2.32. The molecule has 0 saturated heterocycles. The normalized spacial score (nSPS) is 13.0. The van der Waals surface area contributed by atoms with Gasteiger partial charge in [0.05, 0.1) is 10.6 Å². The van der Waals surface area contributed by atoms with Gasteiger partial charge in [-0.2, -0.15) is 11.8 Å². The third kappa shape index (κ3) is 6.07. The van der Waals surface area contributed by atoms with E-state index < -0.39 is 21.8 Å². The fraction of sp³-hybridized carbons (Fsp3) is 0.500. The largest absolute Gasteiger partial charge is 0.480 e. The van der Waals surface area contributed by atoms with Gasteiger partial charge in [0.15, 0.2) is 9.84 Å². The fourth-order valence-corrected chi connectivity index (χ4v) is 4.02. The van der Waals surface area contributed by atoms with Crippen LogP contribution in [0.1, 0.15) is 25.3 Å². The van der Waals surface area contributed by atoms with Crippen LogP contribution in [0.15, 0.2) is 29.2 Å². The van der Waals surface area contributed by atoms with Gasteiger partial charge in [-0.3, -0.25) is 4.79 Å². The van der Waals surface area contributed by atoms with Crippen LogP contribution >= 0.6 is 11.8 Å². The maximum Gasteiger partial charge on any atom is 0.321 e. The van der Waals surface area contributed by atoms with Gasteiger partial charge < -0.3 is 10.8 Å². The number of aliphatic carboxylic acids is 1. The van der Waals surface area contributed by atoms with Gasteiger partial charge in [0, 0.05) is 11.5 Å². The molecule has 5 nitrogen and oxygen atoms in total. The zero-order valence-electron chi connectivity index (χ0n) is 12.0. The molecule has 0 aliphatic rings. The molecule has 118 valence electrons. The Balaban J connectivity index is 2.56. The van der Waals surface area contributed by atoms with Crippen molar-refractivity contribution in [1.29, 1.82) is 0 Å². The van der Waals surface area contributed by atoms with Crippen LogP contribution in [0.2, 0.25) is 0 Å². The molecule has 1 aromatic carbocycles. The molecule has 0 amide bonds. The molecule has 0 spiro atoms. The Morgan fingerprint density at radius 1 is 1.33 bits per heavy atom. The SMILES string of the molecule is CCCCS(=O)(=O)c1ccc(CSCC(N)C(=O)O)cc1. The van der Waals surface area contributed by atoms with Crippen LogP contribution in [0.5, 0.6) is 0 Å². The summed E-state index contributed by atoms with van der Waals surface area (Å²) in [6, 6.07) is 5.87. The van der Waals surface area contributed by atoms with Crippen molar-refractivity contribution in [3.8, 4) is 0 Å². The Kier molecular flexibility index (Phi) is 7.21. The van der Waals surface area contributed by atoms with E-state index in [1.165, 1.54) is 11.8 Å². The zero-order valence-corrected chi connectivity index (χ0v) is 13.6. The molecule has 0 saturated carbocycles. The lowest BCUT2D eigenvalue weighted by Gasteiger charge is -2.07. The van der Waals surface area contributed by atoms with Gasteiger partial charge in [-0.25, -0.2) is 8.42 Å². The monoisotopic (exact) mass is 331 g/mol. The smallest absolute Gasteiger partial charge is 0.321 e. The number of nitrogens with two attached hydrogens (primary N) is 1. The van der Waals surface area contributed by atoms with E-state index in [1.54, 1.807) is 24.3 Å². The summed E-state index contributed by atoms with van der Waals surface area (Å²) in [4.78, 5) is 10.9. The molecule has 1 atom stereocenters. The molecular weight excluding hydrogens is 310 g/mol. The van der Waals surface area contributed by atoms with Gasteiger partial charge >= 0.3 is 5.97 Å². The van der Waals surface area contributed by atoms with Crippen LogP contribution in [0.3, 0.4) is 0 Å². The summed E-state index contributed by atoms with van der Waals surface area (Å²) in [6.07, 6.45) is 1.50. The Hall–Kier alpha value is -1.05. The van der Waals surface area contributed by atoms with E-state index in [1.807, 2.05) is 6.92 Å². The standard InChI is InChI=1S/C14H21NO4S2/c1-2-3-8-21(18,19)12-6-4-11(5-7-12)9-20-10-13(15)14(16)17/h4-7,13H,2-3,8-10,15H2,1H3,(H,16,17). The van der Waals surface area contributed by atoms with E-state index in [4.69, 9.17) is 10.8 Å². The molecule has 0 heterocycles. The van der Waals surface area contributed by atoms with E-state index in [0.29, 0.717) is 22.8 Å². The Bertz CT molecular complexity index is 555. The topological polar surface area (TPSA) is 97.5 Å². The molecule has 0 aliphatic heterocycles. The van der Waals surface area contributed by atoms with Crippen molar-refractivity contribution in [2.24, 2.45) is 5.73 Å². The first kappa shape index (κ1) is 18.0. The average molecular weight is 331 g/mol. The van der Waals surface area contributed by atoms with Crippen LogP contribution in [0, 0.1) is 0 Å². The minimum atomic E-state index is -3.19. The van der Waals surface area contributed by atoms with Crippen LogP contribution < -0.4 is 5.73 Å². The molecule has 21 heavy (non-hydrogen) atoms. The molecule has 0 bridgehead atoms. The number of hydrogen-bond donors (Lipinski definition) is 2.